The molecule has 2 rings (SSSR count). The van der Waals surface area contributed by atoms with Crippen molar-refractivity contribution in [3.63, 3.8) is 0 Å². The van der Waals surface area contributed by atoms with Crippen LogP contribution in [-0.4, -0.2) is 34.8 Å². The van der Waals surface area contributed by atoms with Crippen molar-refractivity contribution >= 4 is 17.4 Å². The lowest BCUT2D eigenvalue weighted by Crippen LogP contribution is -2.41. The van der Waals surface area contributed by atoms with E-state index in [0.717, 1.165) is 18.8 Å². The van der Waals surface area contributed by atoms with Crippen LogP contribution in [0.25, 0.3) is 0 Å². The molecular formula is C13H20ClN3O2. The van der Waals surface area contributed by atoms with Crippen LogP contribution in [0.4, 0.5) is 5.82 Å². The number of hydrogen-bond donors (Lipinski definition) is 1. The molecule has 0 spiro atoms. The number of aromatic nitrogens is 2. The predicted octanol–water partition coefficient (Wildman–Crippen LogP) is 2.65. The number of hydrogen-bond acceptors (Lipinski definition) is 5. The van der Waals surface area contributed by atoms with Crippen molar-refractivity contribution in [2.75, 3.05) is 18.5 Å². The summed E-state index contributed by atoms with van der Waals surface area (Å²) in [4.78, 5) is 8.57. The topological polar surface area (TPSA) is 56.3 Å². The summed E-state index contributed by atoms with van der Waals surface area (Å²) < 4.78 is 10.9. The van der Waals surface area contributed by atoms with Gasteiger partial charge in [0, 0.05) is 19.3 Å². The first-order chi connectivity index (χ1) is 9.03. The van der Waals surface area contributed by atoms with Gasteiger partial charge in [-0.1, -0.05) is 11.6 Å². The van der Waals surface area contributed by atoms with Crippen molar-refractivity contribution in [3.8, 4) is 0 Å². The molecule has 2 heterocycles. The predicted molar refractivity (Wildman–Crippen MR) is 74.4 cm³/mol. The Kier molecular flexibility index (Phi) is 4.60. The largest absolute Gasteiger partial charge is 0.376 e. The Morgan fingerprint density at radius 3 is 3.00 bits per heavy atom. The van der Waals surface area contributed by atoms with Crippen LogP contribution in [0.3, 0.4) is 0 Å². The van der Waals surface area contributed by atoms with E-state index < -0.39 is 0 Å². The lowest BCUT2D eigenvalue weighted by molar-refractivity contribution is 0.105. The van der Waals surface area contributed by atoms with Gasteiger partial charge in [0.25, 0.3) is 0 Å². The molecule has 0 bridgehead atoms. The first kappa shape index (κ1) is 14.5. The lowest BCUT2D eigenvalue weighted by Gasteiger charge is -2.29. The Morgan fingerprint density at radius 1 is 1.58 bits per heavy atom. The maximum absolute atomic E-state index is 6.02. The minimum Gasteiger partial charge on any atom is -0.376 e. The highest BCUT2D eigenvalue weighted by Gasteiger charge is 2.37. The zero-order valence-electron chi connectivity index (χ0n) is 11.6. The Balaban J connectivity index is 2.13. The summed E-state index contributed by atoms with van der Waals surface area (Å²) in [5, 5.41) is 3.83. The number of nitrogens with one attached hydrogen (secondary N) is 1. The molecule has 0 saturated carbocycles. The van der Waals surface area contributed by atoms with Gasteiger partial charge >= 0.3 is 0 Å². The second kappa shape index (κ2) is 6.03. The van der Waals surface area contributed by atoms with Gasteiger partial charge in [0.15, 0.2) is 5.82 Å². The van der Waals surface area contributed by atoms with E-state index in [-0.39, 0.29) is 11.6 Å². The molecule has 0 aliphatic carbocycles. The summed E-state index contributed by atoms with van der Waals surface area (Å²) in [6.45, 7) is 7.88. The number of anilines is 1. The first-order valence-electron chi connectivity index (χ1n) is 6.54. The van der Waals surface area contributed by atoms with E-state index in [4.69, 9.17) is 21.1 Å². The molecule has 2 atom stereocenters. The van der Waals surface area contributed by atoms with E-state index >= 15 is 0 Å². The molecule has 0 radical (unpaired) electrons. The van der Waals surface area contributed by atoms with Crippen molar-refractivity contribution in [2.24, 2.45) is 0 Å². The fourth-order valence-corrected chi connectivity index (χ4v) is 2.28. The number of ether oxygens (including phenoxy) is 2. The van der Waals surface area contributed by atoms with Gasteiger partial charge in [0.2, 0.25) is 0 Å². The maximum Gasteiger partial charge on any atom is 0.158 e. The van der Waals surface area contributed by atoms with Crippen LogP contribution in [-0.2, 0) is 16.1 Å². The van der Waals surface area contributed by atoms with Gasteiger partial charge in [0.05, 0.1) is 11.6 Å². The van der Waals surface area contributed by atoms with Crippen LogP contribution in [0.2, 0.25) is 5.15 Å². The normalized spacial score (nSPS) is 26.6. The van der Waals surface area contributed by atoms with E-state index in [2.05, 4.69) is 29.1 Å². The molecule has 5 nitrogen and oxygen atoms in total. The van der Waals surface area contributed by atoms with Crippen LogP contribution in [0.5, 0.6) is 0 Å². The van der Waals surface area contributed by atoms with Gasteiger partial charge < -0.3 is 14.8 Å². The Labute approximate surface area is 118 Å². The summed E-state index contributed by atoms with van der Waals surface area (Å²) in [5.74, 6) is 1.31. The molecule has 1 saturated heterocycles. The third-order valence-electron chi connectivity index (χ3n) is 3.48. The summed E-state index contributed by atoms with van der Waals surface area (Å²) in [6.07, 6.45) is 1.08. The van der Waals surface area contributed by atoms with Crippen molar-refractivity contribution in [1.82, 2.24) is 9.97 Å². The summed E-state index contributed by atoms with van der Waals surface area (Å²) in [7, 11) is 0. The van der Waals surface area contributed by atoms with Gasteiger partial charge in [-0.25, -0.2) is 9.97 Å². The minimum absolute atomic E-state index is 0.124. The van der Waals surface area contributed by atoms with E-state index in [1.165, 1.54) is 0 Å². The monoisotopic (exact) mass is 285 g/mol. The molecule has 1 aromatic rings. The van der Waals surface area contributed by atoms with Crippen molar-refractivity contribution in [2.45, 2.75) is 45.4 Å². The molecular weight excluding hydrogens is 266 g/mol. The quantitative estimate of drug-likeness (QED) is 0.843. The van der Waals surface area contributed by atoms with E-state index in [1.807, 2.05) is 6.92 Å². The molecule has 1 aromatic heterocycles. The molecule has 0 aromatic carbocycles. The van der Waals surface area contributed by atoms with Crippen LogP contribution >= 0.6 is 11.6 Å². The average Bonchev–Trinajstić information content (AvgIpc) is 2.66. The SMILES string of the molecule is CCOCc1nc(Cl)cc(NC2(C)CCOC2C)n1. The zero-order valence-corrected chi connectivity index (χ0v) is 12.3. The van der Waals surface area contributed by atoms with Gasteiger partial charge in [-0.2, -0.15) is 0 Å². The molecule has 1 N–H and O–H groups in total. The maximum atomic E-state index is 6.02. The van der Waals surface area contributed by atoms with Gasteiger partial charge in [-0.05, 0) is 27.2 Å². The molecule has 1 fully saturated rings. The molecule has 1 aliphatic heterocycles. The molecule has 1 aliphatic rings. The van der Waals surface area contributed by atoms with E-state index in [1.54, 1.807) is 6.07 Å². The van der Waals surface area contributed by atoms with Crippen LogP contribution in [0.1, 0.15) is 33.0 Å². The lowest BCUT2D eigenvalue weighted by atomic mass is 9.95. The summed E-state index contributed by atoms with van der Waals surface area (Å²) >= 11 is 6.02. The van der Waals surface area contributed by atoms with Gasteiger partial charge in [-0.3, -0.25) is 0 Å². The van der Waals surface area contributed by atoms with Crippen molar-refractivity contribution < 1.29 is 9.47 Å². The van der Waals surface area contributed by atoms with E-state index in [0.29, 0.717) is 24.2 Å². The average molecular weight is 286 g/mol. The molecule has 19 heavy (non-hydrogen) atoms. The smallest absolute Gasteiger partial charge is 0.158 e. The third-order valence-corrected chi connectivity index (χ3v) is 3.67. The second-order valence-electron chi connectivity index (χ2n) is 4.93. The van der Waals surface area contributed by atoms with Crippen LogP contribution in [0, 0.1) is 0 Å². The van der Waals surface area contributed by atoms with Crippen molar-refractivity contribution in [3.05, 3.63) is 17.0 Å². The fourth-order valence-electron chi connectivity index (χ4n) is 2.08. The highest BCUT2D eigenvalue weighted by atomic mass is 35.5. The molecule has 2 unspecified atom stereocenters. The standard InChI is InChI=1S/C13H20ClN3O2/c1-4-18-8-12-15-10(14)7-11(16-12)17-13(3)5-6-19-9(13)2/h7,9H,4-6,8H2,1-3H3,(H,15,16,17). The highest BCUT2D eigenvalue weighted by molar-refractivity contribution is 6.29. The highest BCUT2D eigenvalue weighted by Crippen LogP contribution is 2.29. The molecule has 6 heteroatoms. The Bertz CT molecular complexity index is 444. The van der Waals surface area contributed by atoms with Gasteiger partial charge in [0.1, 0.15) is 17.6 Å². The van der Waals surface area contributed by atoms with Gasteiger partial charge in [-0.15, -0.1) is 0 Å². The number of nitrogens with zero attached hydrogens (tertiary/aromatic N) is 2. The molecule has 106 valence electrons. The minimum atomic E-state index is -0.124. The summed E-state index contributed by atoms with van der Waals surface area (Å²) in [5.41, 5.74) is -0.124. The Hall–Kier alpha value is -0.910. The fraction of sp³-hybridized carbons (Fsp3) is 0.692. The second-order valence-corrected chi connectivity index (χ2v) is 5.32. The van der Waals surface area contributed by atoms with Crippen molar-refractivity contribution in [1.29, 1.82) is 0 Å². The third kappa shape index (κ3) is 3.55. The van der Waals surface area contributed by atoms with Crippen LogP contribution in [0.15, 0.2) is 6.07 Å². The number of rotatable bonds is 5. The first-order valence-corrected chi connectivity index (χ1v) is 6.92. The zero-order chi connectivity index (χ0) is 13.9. The van der Waals surface area contributed by atoms with Crippen LogP contribution < -0.4 is 5.32 Å². The number of halogens is 1. The molecule has 0 amide bonds. The summed E-state index contributed by atoms with van der Waals surface area (Å²) in [6, 6.07) is 1.73. The van der Waals surface area contributed by atoms with E-state index in [9.17, 15) is 0 Å². The Morgan fingerprint density at radius 2 is 2.37 bits per heavy atom.